The monoisotopic (exact) mass is 440 g/mol. The van der Waals surface area contributed by atoms with Gasteiger partial charge in [-0.05, 0) is 55.1 Å². The van der Waals surface area contributed by atoms with Gasteiger partial charge in [0.15, 0.2) is 17.3 Å². The maximum absolute atomic E-state index is 6.23. The van der Waals surface area contributed by atoms with Crippen LogP contribution in [0.15, 0.2) is 36.4 Å². The number of likely N-dealkylation sites (N-methyl/N-ethyl adjacent to an activating group) is 1. The molecule has 0 saturated heterocycles. The highest BCUT2D eigenvalue weighted by Crippen LogP contribution is 2.29. The van der Waals surface area contributed by atoms with E-state index < -0.39 is 0 Å². The Labute approximate surface area is 188 Å². The van der Waals surface area contributed by atoms with Crippen LogP contribution in [0.2, 0.25) is 5.02 Å². The van der Waals surface area contributed by atoms with Gasteiger partial charge in [0.1, 0.15) is 5.82 Å². The molecule has 0 radical (unpaired) electrons. The Hall–Kier alpha value is -2.83. The average Bonchev–Trinajstić information content (AvgIpc) is 2.80. The minimum atomic E-state index is 0.620. The van der Waals surface area contributed by atoms with Crippen molar-refractivity contribution in [2.24, 2.45) is 0 Å². The van der Waals surface area contributed by atoms with E-state index in [9.17, 15) is 0 Å². The van der Waals surface area contributed by atoms with Crippen molar-refractivity contribution in [1.82, 2.24) is 14.9 Å². The predicted octanol–water partition coefficient (Wildman–Crippen LogP) is 5.22. The second-order valence-electron chi connectivity index (χ2n) is 6.99. The van der Waals surface area contributed by atoms with Crippen LogP contribution in [-0.2, 0) is 0 Å². The normalized spacial score (nSPS) is 11.4. The molecule has 0 amide bonds. The van der Waals surface area contributed by atoms with Crippen molar-refractivity contribution >= 4 is 40.5 Å². The fourth-order valence-electron chi connectivity index (χ4n) is 3.33. The number of aromatic nitrogens is 2. The van der Waals surface area contributed by atoms with Gasteiger partial charge >= 0.3 is 0 Å². The Kier molecular flexibility index (Phi) is 8.09. The third-order valence-corrected chi connectivity index (χ3v) is 5.36. The molecule has 2 aromatic carbocycles. The number of methoxy groups -OCH3 is 2. The Balaban J connectivity index is 1.88. The summed E-state index contributed by atoms with van der Waals surface area (Å²) >= 11 is 6.23. The minimum Gasteiger partial charge on any atom is -0.493 e. The summed E-state index contributed by atoms with van der Waals surface area (Å²) in [4.78, 5) is 11.8. The van der Waals surface area contributed by atoms with E-state index in [-0.39, 0.29) is 0 Å². The van der Waals surface area contributed by atoms with E-state index in [0.29, 0.717) is 22.3 Å². The van der Waals surface area contributed by atoms with Gasteiger partial charge in [-0.25, -0.2) is 9.97 Å². The highest BCUT2D eigenvalue weighted by atomic mass is 35.5. The molecule has 0 unspecified atom stereocenters. The second kappa shape index (κ2) is 11.0. The first-order chi connectivity index (χ1) is 15.1. The van der Waals surface area contributed by atoms with Crippen LogP contribution in [-0.4, -0.2) is 55.3 Å². The van der Waals surface area contributed by atoms with Crippen molar-refractivity contribution in [2.45, 2.75) is 13.8 Å². The number of fused-ring (bicyclic) bond motifs is 1. The summed E-state index contributed by atoms with van der Waals surface area (Å²) in [5, 5.41) is 5.04. The van der Waals surface area contributed by atoms with Crippen LogP contribution in [0.4, 0.5) is 5.82 Å². The molecule has 3 rings (SSSR count). The fraction of sp³-hybridized carbons (Fsp3) is 0.333. The maximum Gasteiger partial charge on any atom is 0.161 e. The van der Waals surface area contributed by atoms with E-state index in [2.05, 4.69) is 29.0 Å². The molecule has 0 bridgehead atoms. The maximum atomic E-state index is 6.23. The van der Waals surface area contributed by atoms with Gasteiger partial charge in [-0.2, -0.15) is 0 Å². The molecule has 0 spiro atoms. The van der Waals surface area contributed by atoms with Crippen LogP contribution < -0.4 is 14.8 Å². The van der Waals surface area contributed by atoms with Crippen molar-refractivity contribution in [3.63, 3.8) is 0 Å². The van der Waals surface area contributed by atoms with Gasteiger partial charge in [0.2, 0.25) is 0 Å². The largest absolute Gasteiger partial charge is 0.493 e. The summed E-state index contributed by atoms with van der Waals surface area (Å²) in [7, 11) is 3.25. The third kappa shape index (κ3) is 5.87. The van der Waals surface area contributed by atoms with Crippen LogP contribution in [0, 0.1) is 0 Å². The lowest BCUT2D eigenvalue weighted by molar-refractivity contribution is 0.316. The molecule has 7 heteroatoms. The van der Waals surface area contributed by atoms with Crippen molar-refractivity contribution in [3.05, 3.63) is 52.8 Å². The molecule has 164 valence electrons. The van der Waals surface area contributed by atoms with Gasteiger partial charge in [-0.3, -0.25) is 0 Å². The van der Waals surface area contributed by atoms with Crippen molar-refractivity contribution in [3.8, 4) is 11.5 Å². The number of nitrogens with one attached hydrogen (secondary N) is 1. The molecule has 0 saturated carbocycles. The Morgan fingerprint density at radius 1 is 0.968 bits per heavy atom. The zero-order valence-electron chi connectivity index (χ0n) is 18.5. The van der Waals surface area contributed by atoms with E-state index in [1.54, 1.807) is 14.2 Å². The summed E-state index contributed by atoms with van der Waals surface area (Å²) < 4.78 is 10.7. The van der Waals surface area contributed by atoms with Crippen LogP contribution in [0.5, 0.6) is 11.5 Å². The first-order valence-corrected chi connectivity index (χ1v) is 10.8. The summed E-state index contributed by atoms with van der Waals surface area (Å²) in [5.41, 5.74) is 1.81. The number of benzene rings is 2. The molecule has 31 heavy (non-hydrogen) atoms. The first-order valence-electron chi connectivity index (χ1n) is 10.4. The third-order valence-electron chi connectivity index (χ3n) is 5.12. The lowest BCUT2D eigenvalue weighted by atomic mass is 10.2. The Morgan fingerprint density at radius 2 is 1.74 bits per heavy atom. The summed E-state index contributed by atoms with van der Waals surface area (Å²) in [6.45, 7) is 8.11. The highest BCUT2D eigenvalue weighted by Gasteiger charge is 2.09. The number of nitrogens with zero attached hydrogens (tertiary/aromatic N) is 3. The fourth-order valence-corrected chi connectivity index (χ4v) is 3.50. The summed E-state index contributed by atoms with van der Waals surface area (Å²) in [6.07, 6.45) is 3.85. The zero-order valence-corrected chi connectivity index (χ0v) is 19.2. The van der Waals surface area contributed by atoms with Gasteiger partial charge in [-0.1, -0.05) is 37.6 Å². The first kappa shape index (κ1) is 22.8. The predicted molar refractivity (Wildman–Crippen MR) is 129 cm³/mol. The number of hydrogen-bond acceptors (Lipinski definition) is 6. The van der Waals surface area contributed by atoms with E-state index in [0.717, 1.165) is 48.5 Å². The smallest absolute Gasteiger partial charge is 0.161 e. The molecule has 0 aliphatic rings. The number of rotatable bonds is 10. The van der Waals surface area contributed by atoms with Crippen LogP contribution in [0.1, 0.15) is 25.2 Å². The quantitative estimate of drug-likeness (QED) is 0.466. The SMILES string of the molecule is CCN(CC)CCNc1nc(/C=C/c2ccc(OC)c(OC)c2)nc2ccc(Cl)cc12. The van der Waals surface area contributed by atoms with E-state index in [1.807, 2.05) is 48.6 Å². The van der Waals surface area contributed by atoms with E-state index in [1.165, 1.54) is 0 Å². The summed E-state index contributed by atoms with van der Waals surface area (Å²) in [6, 6.07) is 11.4. The topological polar surface area (TPSA) is 59.5 Å². The van der Waals surface area contributed by atoms with Crippen LogP contribution in [0.25, 0.3) is 23.1 Å². The standard InChI is InChI=1S/C24H29ClN4O2/c1-5-29(6-2)14-13-26-24-19-16-18(25)9-10-20(19)27-23(28-24)12-8-17-7-11-21(30-3)22(15-17)31-4/h7-12,15-16H,5-6,13-14H2,1-4H3,(H,26,27,28)/b12-8+. The number of ether oxygens (including phenoxy) is 2. The molecule has 6 nitrogen and oxygen atoms in total. The molecule has 0 aliphatic carbocycles. The highest BCUT2D eigenvalue weighted by molar-refractivity contribution is 6.31. The summed E-state index contributed by atoms with van der Waals surface area (Å²) in [5.74, 6) is 2.78. The zero-order chi connectivity index (χ0) is 22.2. The van der Waals surface area contributed by atoms with Gasteiger partial charge in [-0.15, -0.1) is 0 Å². The van der Waals surface area contributed by atoms with Crippen molar-refractivity contribution in [2.75, 3.05) is 45.7 Å². The number of hydrogen-bond donors (Lipinski definition) is 1. The molecule has 1 heterocycles. The lowest BCUT2D eigenvalue weighted by Crippen LogP contribution is -2.28. The Bertz CT molecular complexity index is 1050. The number of anilines is 1. The lowest BCUT2D eigenvalue weighted by Gasteiger charge is -2.18. The van der Waals surface area contributed by atoms with Crippen molar-refractivity contribution in [1.29, 1.82) is 0 Å². The van der Waals surface area contributed by atoms with Gasteiger partial charge < -0.3 is 19.7 Å². The molecule has 1 aromatic heterocycles. The minimum absolute atomic E-state index is 0.620. The molecular formula is C24H29ClN4O2. The molecule has 0 atom stereocenters. The second-order valence-corrected chi connectivity index (χ2v) is 7.43. The number of halogens is 1. The van der Waals surface area contributed by atoms with Crippen LogP contribution >= 0.6 is 11.6 Å². The molecule has 1 N–H and O–H groups in total. The molecule has 3 aromatic rings. The van der Waals surface area contributed by atoms with E-state index in [4.69, 9.17) is 26.1 Å². The van der Waals surface area contributed by atoms with Gasteiger partial charge in [0, 0.05) is 23.5 Å². The van der Waals surface area contributed by atoms with Crippen molar-refractivity contribution < 1.29 is 9.47 Å². The van der Waals surface area contributed by atoms with E-state index >= 15 is 0 Å². The molecule has 0 fully saturated rings. The average molecular weight is 441 g/mol. The Morgan fingerprint density at radius 3 is 2.45 bits per heavy atom. The molecular weight excluding hydrogens is 412 g/mol. The molecule has 0 aliphatic heterocycles. The van der Waals surface area contributed by atoms with Crippen LogP contribution in [0.3, 0.4) is 0 Å². The van der Waals surface area contributed by atoms with Gasteiger partial charge in [0.25, 0.3) is 0 Å². The van der Waals surface area contributed by atoms with Gasteiger partial charge in [0.05, 0.1) is 19.7 Å².